The van der Waals surface area contributed by atoms with Crippen molar-refractivity contribution < 1.29 is 22.5 Å². The van der Waals surface area contributed by atoms with Gasteiger partial charge in [0, 0.05) is 13.8 Å². The number of carbonyl (C=O) groups is 1. The van der Waals surface area contributed by atoms with E-state index in [0.717, 1.165) is 25.7 Å². The first kappa shape index (κ1) is 21.3. The number of sulfonamides is 1. The van der Waals surface area contributed by atoms with E-state index in [9.17, 15) is 13.2 Å². The largest absolute Gasteiger partial charge is 0.495 e. The summed E-state index contributed by atoms with van der Waals surface area (Å²) in [7, 11) is -2.48. The van der Waals surface area contributed by atoms with E-state index in [1.54, 1.807) is 6.92 Å². The van der Waals surface area contributed by atoms with Gasteiger partial charge in [-0.3, -0.25) is 4.79 Å². The summed E-state index contributed by atoms with van der Waals surface area (Å²) in [6, 6.07) is 4.34. The second kappa shape index (κ2) is 8.50. The van der Waals surface area contributed by atoms with Crippen LogP contribution in [0, 0.1) is 6.92 Å². The third-order valence-corrected chi connectivity index (χ3v) is 6.57. The Morgan fingerprint density at radius 1 is 1.21 bits per heavy atom. The van der Waals surface area contributed by atoms with E-state index in [0.29, 0.717) is 30.3 Å². The van der Waals surface area contributed by atoms with Gasteiger partial charge in [-0.2, -0.15) is 9.71 Å². The highest BCUT2D eigenvalue weighted by molar-refractivity contribution is 7.89. The Bertz CT molecular complexity index is 978. The molecular formula is C19H26N4O5S. The third kappa shape index (κ3) is 4.76. The molecule has 1 heterocycles. The molecule has 1 aliphatic carbocycles. The number of aromatic nitrogens is 2. The SMILES string of the molecule is COc1ccc(S(=O)(=O)NC2(c3noc(C)n3)CCCCCC2)cc1NC(C)=O. The Kier molecular flexibility index (Phi) is 6.23. The van der Waals surface area contributed by atoms with Gasteiger partial charge in [0.2, 0.25) is 21.8 Å². The molecule has 0 unspecified atom stereocenters. The first-order valence-corrected chi connectivity index (χ1v) is 11.0. The Labute approximate surface area is 170 Å². The molecule has 1 aromatic carbocycles. The predicted octanol–water partition coefficient (Wildman–Crippen LogP) is 2.87. The van der Waals surface area contributed by atoms with Crippen LogP contribution in [0.1, 0.15) is 57.2 Å². The topological polar surface area (TPSA) is 123 Å². The van der Waals surface area contributed by atoms with Gasteiger partial charge in [-0.05, 0) is 31.0 Å². The molecule has 1 amide bonds. The highest BCUT2D eigenvalue weighted by Crippen LogP contribution is 2.37. The van der Waals surface area contributed by atoms with Crippen molar-refractivity contribution in [2.24, 2.45) is 0 Å². The van der Waals surface area contributed by atoms with Crippen LogP contribution >= 0.6 is 0 Å². The zero-order chi connectivity index (χ0) is 21.1. The average molecular weight is 423 g/mol. The van der Waals surface area contributed by atoms with Gasteiger partial charge in [-0.1, -0.05) is 30.8 Å². The van der Waals surface area contributed by atoms with Gasteiger partial charge >= 0.3 is 0 Å². The lowest BCUT2D eigenvalue weighted by Gasteiger charge is -2.30. The van der Waals surface area contributed by atoms with Crippen molar-refractivity contribution in [2.75, 3.05) is 12.4 Å². The van der Waals surface area contributed by atoms with Crippen LogP contribution in [-0.4, -0.2) is 31.6 Å². The smallest absolute Gasteiger partial charge is 0.241 e. The van der Waals surface area contributed by atoms with Crippen LogP contribution in [0.4, 0.5) is 5.69 Å². The molecule has 0 atom stereocenters. The van der Waals surface area contributed by atoms with E-state index < -0.39 is 15.6 Å². The highest BCUT2D eigenvalue weighted by Gasteiger charge is 2.41. The maximum absolute atomic E-state index is 13.3. The monoisotopic (exact) mass is 422 g/mol. The lowest BCUT2D eigenvalue weighted by Crippen LogP contribution is -2.46. The normalized spacial score (nSPS) is 16.8. The number of nitrogens with one attached hydrogen (secondary N) is 2. The first-order valence-electron chi connectivity index (χ1n) is 9.56. The summed E-state index contributed by atoms with van der Waals surface area (Å²) in [5.74, 6) is 0.793. The number of aryl methyl sites for hydroxylation is 1. The van der Waals surface area contributed by atoms with Gasteiger partial charge in [0.15, 0.2) is 5.82 Å². The third-order valence-electron chi connectivity index (χ3n) is 5.03. The van der Waals surface area contributed by atoms with Crippen molar-refractivity contribution in [1.82, 2.24) is 14.9 Å². The zero-order valence-corrected chi connectivity index (χ0v) is 17.6. The maximum atomic E-state index is 13.3. The Morgan fingerprint density at radius 3 is 2.45 bits per heavy atom. The van der Waals surface area contributed by atoms with Crippen LogP contribution in [0.2, 0.25) is 0 Å². The standard InChI is InChI=1S/C19H26N4O5S/c1-13(24)20-16-12-15(8-9-17(16)27-3)29(25,26)23-19(10-6-4-5-7-11-19)18-21-14(2)28-22-18/h8-9,12,23H,4-7,10-11H2,1-3H3,(H,20,24). The van der Waals surface area contributed by atoms with E-state index in [1.807, 2.05) is 0 Å². The Hall–Kier alpha value is -2.46. The fourth-order valence-electron chi connectivity index (χ4n) is 3.65. The summed E-state index contributed by atoms with van der Waals surface area (Å²) in [6.07, 6.45) is 4.93. The molecule has 29 heavy (non-hydrogen) atoms. The predicted molar refractivity (Wildman–Crippen MR) is 106 cm³/mol. The minimum Gasteiger partial charge on any atom is -0.495 e. The number of nitrogens with zero attached hydrogens (tertiary/aromatic N) is 2. The number of hydrogen-bond acceptors (Lipinski definition) is 7. The summed E-state index contributed by atoms with van der Waals surface area (Å²) in [4.78, 5) is 15.8. The van der Waals surface area contributed by atoms with Gasteiger partial charge in [0.25, 0.3) is 0 Å². The van der Waals surface area contributed by atoms with Crippen molar-refractivity contribution >= 4 is 21.6 Å². The highest BCUT2D eigenvalue weighted by atomic mass is 32.2. The lowest BCUT2D eigenvalue weighted by atomic mass is 9.91. The van der Waals surface area contributed by atoms with Gasteiger partial charge in [-0.25, -0.2) is 8.42 Å². The van der Waals surface area contributed by atoms with Crippen molar-refractivity contribution in [1.29, 1.82) is 0 Å². The molecule has 0 bridgehead atoms. The second-order valence-electron chi connectivity index (χ2n) is 7.28. The van der Waals surface area contributed by atoms with E-state index in [4.69, 9.17) is 9.26 Å². The lowest BCUT2D eigenvalue weighted by molar-refractivity contribution is -0.114. The van der Waals surface area contributed by atoms with E-state index >= 15 is 0 Å². The maximum Gasteiger partial charge on any atom is 0.241 e. The number of methoxy groups -OCH3 is 1. The summed E-state index contributed by atoms with van der Waals surface area (Å²) < 4.78 is 39.8. The molecule has 10 heteroatoms. The van der Waals surface area contributed by atoms with Crippen molar-refractivity contribution in [2.45, 2.75) is 62.8 Å². The molecule has 3 rings (SSSR count). The average Bonchev–Trinajstić information content (AvgIpc) is 2.97. The molecule has 2 N–H and O–H groups in total. The van der Waals surface area contributed by atoms with E-state index in [1.165, 1.54) is 32.2 Å². The second-order valence-corrected chi connectivity index (χ2v) is 8.96. The van der Waals surface area contributed by atoms with Gasteiger partial charge < -0.3 is 14.6 Å². The molecule has 9 nitrogen and oxygen atoms in total. The molecule has 1 fully saturated rings. The van der Waals surface area contributed by atoms with Gasteiger partial charge in [-0.15, -0.1) is 0 Å². The molecule has 0 spiro atoms. The fraction of sp³-hybridized carbons (Fsp3) is 0.526. The van der Waals surface area contributed by atoms with Crippen LogP contribution in [0.15, 0.2) is 27.6 Å². The minimum absolute atomic E-state index is 0.0193. The quantitative estimate of drug-likeness (QED) is 0.686. The summed E-state index contributed by atoms with van der Waals surface area (Å²) in [5, 5.41) is 6.62. The molecule has 0 aliphatic heterocycles. The van der Waals surface area contributed by atoms with Crippen molar-refractivity contribution in [3.05, 3.63) is 29.9 Å². The van der Waals surface area contributed by atoms with Crippen LogP contribution in [0.3, 0.4) is 0 Å². The zero-order valence-electron chi connectivity index (χ0n) is 16.8. The molecular weight excluding hydrogens is 396 g/mol. The molecule has 1 aromatic heterocycles. The van der Waals surface area contributed by atoms with Crippen LogP contribution in [0.5, 0.6) is 5.75 Å². The summed E-state index contributed by atoms with van der Waals surface area (Å²) >= 11 is 0. The summed E-state index contributed by atoms with van der Waals surface area (Å²) in [5.41, 5.74) is -0.644. The molecule has 1 saturated carbocycles. The molecule has 1 aliphatic rings. The fourth-order valence-corrected chi connectivity index (χ4v) is 5.10. The van der Waals surface area contributed by atoms with E-state index in [-0.39, 0.29) is 16.5 Å². The number of rotatable bonds is 6. The number of carbonyl (C=O) groups excluding carboxylic acids is 1. The van der Waals surface area contributed by atoms with Crippen molar-refractivity contribution in [3.8, 4) is 5.75 Å². The van der Waals surface area contributed by atoms with Crippen LogP contribution in [-0.2, 0) is 20.4 Å². The number of ether oxygens (including phenoxy) is 1. The first-order chi connectivity index (χ1) is 13.8. The molecule has 0 radical (unpaired) electrons. The molecule has 2 aromatic rings. The number of hydrogen-bond donors (Lipinski definition) is 2. The van der Waals surface area contributed by atoms with Crippen LogP contribution in [0.25, 0.3) is 0 Å². The van der Waals surface area contributed by atoms with Gasteiger partial charge in [0.05, 0.1) is 23.2 Å². The molecule has 0 saturated heterocycles. The Morgan fingerprint density at radius 2 is 1.90 bits per heavy atom. The summed E-state index contributed by atoms with van der Waals surface area (Å²) in [6.45, 7) is 3.02. The van der Waals surface area contributed by atoms with Gasteiger partial charge in [0.1, 0.15) is 5.75 Å². The van der Waals surface area contributed by atoms with E-state index in [2.05, 4.69) is 20.2 Å². The van der Waals surface area contributed by atoms with Crippen LogP contribution < -0.4 is 14.8 Å². The van der Waals surface area contributed by atoms with Crippen molar-refractivity contribution in [3.63, 3.8) is 0 Å². The number of amides is 1. The number of anilines is 1. The number of benzene rings is 1. The minimum atomic E-state index is -3.94. The molecule has 158 valence electrons. The Balaban J connectivity index is 2.00.